The number of fused-ring (bicyclic) bond motifs is 3. The van der Waals surface area contributed by atoms with Gasteiger partial charge in [0.25, 0.3) is 5.69 Å². The third kappa shape index (κ3) is 15.5. The lowest BCUT2D eigenvalue weighted by Crippen LogP contribution is -2.70. The van der Waals surface area contributed by atoms with Crippen LogP contribution in [0, 0.1) is 33.8 Å². The number of nitrogens with one attached hydrogen (secondary N) is 1. The summed E-state index contributed by atoms with van der Waals surface area (Å²) in [4.78, 5) is 48.7. The van der Waals surface area contributed by atoms with Crippen LogP contribution < -0.4 is 14.8 Å². The summed E-state index contributed by atoms with van der Waals surface area (Å²) in [6, 6.07) is 25.5. The summed E-state index contributed by atoms with van der Waals surface area (Å²) in [5.74, 6) is -1.08. The zero-order valence-electron chi connectivity index (χ0n) is 47.4. The van der Waals surface area contributed by atoms with Gasteiger partial charge in [0.2, 0.25) is 11.7 Å². The highest BCUT2D eigenvalue weighted by atomic mass is 16.7. The Morgan fingerprint density at radius 1 is 0.863 bits per heavy atom. The normalized spacial score (nSPS) is 21.8. The van der Waals surface area contributed by atoms with Gasteiger partial charge >= 0.3 is 6.09 Å². The van der Waals surface area contributed by atoms with Crippen LogP contribution >= 0.6 is 0 Å². The van der Waals surface area contributed by atoms with E-state index in [1.807, 2.05) is 35.2 Å². The molecule has 2 fully saturated rings. The number of nitro groups is 1. The summed E-state index contributed by atoms with van der Waals surface area (Å²) >= 11 is 0. The molecular formula is C66H88N4O10. The number of nitro benzene ring substituents is 1. The fourth-order valence-electron chi connectivity index (χ4n) is 13.3. The number of amides is 2. The van der Waals surface area contributed by atoms with Gasteiger partial charge in [0.1, 0.15) is 24.1 Å². The SMILES string of the molecule is C=CCO[C@@]12Oc3ccc(OC(=O)NCCCCCCCCCCCC)cc3[C@H]3[C@H](CCCCO)[C@@H](CCCCO)C=C(C(=NOCc4ccc([N+](=O)[O-])cc4)C[C@@H]1N(Cc1cccc4ccccc14)C(=O)CCC1CCCC1)[C@H]32. The number of rotatable bonds is 33. The van der Waals surface area contributed by atoms with Crippen molar-refractivity contribution in [2.75, 3.05) is 26.4 Å². The molecule has 4 aliphatic rings. The molecule has 6 atom stereocenters. The minimum atomic E-state index is -1.50. The fourth-order valence-corrected chi connectivity index (χ4v) is 13.3. The number of hydrogen-bond donors (Lipinski definition) is 3. The second-order valence-corrected chi connectivity index (χ2v) is 22.8. The van der Waals surface area contributed by atoms with Crippen molar-refractivity contribution in [2.45, 2.75) is 186 Å². The first-order valence-corrected chi connectivity index (χ1v) is 30.3. The Morgan fingerprint density at radius 3 is 2.30 bits per heavy atom. The van der Waals surface area contributed by atoms with Gasteiger partial charge in [0.05, 0.1) is 23.2 Å². The molecule has 3 N–H and O–H groups in total. The number of hydrogen-bond acceptors (Lipinski definition) is 11. The standard InChI is InChI=1S/C66H88N4O10/c1-3-5-6-7-8-9-10-11-12-19-39-67-65(74)79-54-36-37-60-58(44-54)63-56(30-18-21-41-72)51(26-17-20-40-71)43-57-59(68-78-47-49-31-34-53(35-32-49)70(75)76)45-61(66(80-60,64(57)63)77-42-4-2)69(62(73)38-33-48-23-13-14-24-48)46-52-28-22-27-50-25-15-16-29-55(50)52/h4,15-16,22,25,27-29,31-32,34-37,43-44,48,51,56,61,63-64,71-72H,2-3,5-14,17-21,23-24,26,30,33,38-42,45-47H2,1H3,(H,67,74)/t51-,56+,61-,63+,64+,66+/m0/s1. The number of carbonyl (C=O) groups is 2. The largest absolute Gasteiger partial charge is 0.459 e. The number of allylic oxidation sites excluding steroid dienone is 1. The number of nitrogens with zero attached hydrogens (tertiary/aromatic N) is 3. The first kappa shape index (κ1) is 60.0. The van der Waals surface area contributed by atoms with Gasteiger partial charge in [-0.3, -0.25) is 14.9 Å². The van der Waals surface area contributed by atoms with Gasteiger partial charge in [-0.25, -0.2) is 4.79 Å². The number of non-ortho nitro benzene ring substituents is 1. The highest BCUT2D eigenvalue weighted by molar-refractivity contribution is 6.03. The molecule has 0 spiro atoms. The maximum absolute atomic E-state index is 15.6. The molecule has 8 rings (SSSR count). The van der Waals surface area contributed by atoms with Gasteiger partial charge < -0.3 is 39.5 Å². The summed E-state index contributed by atoms with van der Waals surface area (Å²) in [5.41, 5.74) is 4.03. The fraction of sp³-hybridized carbons (Fsp3) is 0.561. The third-order valence-electron chi connectivity index (χ3n) is 17.4. The lowest BCUT2D eigenvalue weighted by atomic mass is 9.55. The lowest BCUT2D eigenvalue weighted by molar-refractivity contribution is -0.384. The van der Waals surface area contributed by atoms with E-state index in [0.29, 0.717) is 54.5 Å². The van der Waals surface area contributed by atoms with Gasteiger partial charge in [0.15, 0.2) is 0 Å². The summed E-state index contributed by atoms with van der Waals surface area (Å²) in [7, 11) is 0. The van der Waals surface area contributed by atoms with E-state index >= 15 is 4.79 Å². The van der Waals surface area contributed by atoms with Crippen molar-refractivity contribution < 1.29 is 43.8 Å². The molecule has 0 bridgehead atoms. The summed E-state index contributed by atoms with van der Waals surface area (Å²) in [6.07, 6.45) is 25.6. The summed E-state index contributed by atoms with van der Waals surface area (Å²) < 4.78 is 21.0. The van der Waals surface area contributed by atoms with Crippen LogP contribution in [0.5, 0.6) is 11.5 Å². The second kappa shape index (κ2) is 30.6. The Bertz CT molecular complexity index is 2700. The van der Waals surface area contributed by atoms with Crippen molar-refractivity contribution in [1.29, 1.82) is 0 Å². The monoisotopic (exact) mass is 1100 g/mol. The molecule has 4 aromatic carbocycles. The zero-order valence-corrected chi connectivity index (χ0v) is 47.4. The molecule has 2 saturated carbocycles. The molecule has 3 aliphatic carbocycles. The van der Waals surface area contributed by atoms with Crippen molar-refractivity contribution in [3.05, 3.63) is 136 Å². The van der Waals surface area contributed by atoms with Crippen LogP contribution in [0.3, 0.4) is 0 Å². The smallest absolute Gasteiger partial charge is 0.412 e. The molecule has 0 unspecified atom stereocenters. The van der Waals surface area contributed by atoms with E-state index in [1.165, 1.54) is 69.9 Å². The Balaban J connectivity index is 1.21. The molecule has 432 valence electrons. The Hall–Kier alpha value is -6.09. The van der Waals surface area contributed by atoms with E-state index in [2.05, 4.69) is 49.2 Å². The number of carbonyl (C=O) groups excluding carboxylic acids is 2. The average molecular weight is 1100 g/mol. The molecule has 80 heavy (non-hydrogen) atoms. The highest BCUT2D eigenvalue weighted by Crippen LogP contribution is 2.62. The van der Waals surface area contributed by atoms with E-state index in [4.69, 9.17) is 24.2 Å². The van der Waals surface area contributed by atoms with Gasteiger partial charge in [0, 0.05) is 62.8 Å². The number of benzene rings is 4. The number of ether oxygens (including phenoxy) is 3. The first-order valence-electron chi connectivity index (χ1n) is 30.3. The van der Waals surface area contributed by atoms with Gasteiger partial charge in [-0.05, 0) is 114 Å². The maximum atomic E-state index is 15.6. The van der Waals surface area contributed by atoms with E-state index in [-0.39, 0.29) is 68.7 Å². The maximum Gasteiger partial charge on any atom is 0.412 e. The molecule has 14 heteroatoms. The van der Waals surface area contributed by atoms with Crippen molar-refractivity contribution >= 4 is 34.2 Å². The van der Waals surface area contributed by atoms with E-state index < -0.39 is 28.8 Å². The molecule has 2 amide bonds. The van der Waals surface area contributed by atoms with Gasteiger partial charge in [-0.2, -0.15) is 0 Å². The molecular weight excluding hydrogens is 1010 g/mol. The van der Waals surface area contributed by atoms with Crippen LogP contribution in [0.2, 0.25) is 0 Å². The number of aliphatic hydroxyl groups excluding tert-OH is 2. The number of unbranched alkanes of at least 4 members (excludes halogenated alkanes) is 11. The summed E-state index contributed by atoms with van der Waals surface area (Å²) in [6.45, 7) is 7.41. The lowest BCUT2D eigenvalue weighted by Gasteiger charge is -2.60. The van der Waals surface area contributed by atoms with Crippen molar-refractivity contribution in [1.82, 2.24) is 10.2 Å². The quantitative estimate of drug-likeness (QED) is 0.0180. The van der Waals surface area contributed by atoms with Crippen LogP contribution in [0.15, 0.2) is 114 Å². The predicted octanol–water partition coefficient (Wildman–Crippen LogP) is 14.6. The third-order valence-corrected chi connectivity index (χ3v) is 17.4. The Labute approximate surface area is 474 Å². The van der Waals surface area contributed by atoms with Crippen LogP contribution in [0.1, 0.15) is 177 Å². The molecule has 14 nitrogen and oxygen atoms in total. The second-order valence-electron chi connectivity index (χ2n) is 22.8. The van der Waals surface area contributed by atoms with Crippen LogP contribution in [-0.2, 0) is 27.5 Å². The molecule has 4 aromatic rings. The van der Waals surface area contributed by atoms with Gasteiger partial charge in [-0.15, -0.1) is 6.58 Å². The molecule has 0 saturated heterocycles. The van der Waals surface area contributed by atoms with Crippen molar-refractivity contribution in [3.8, 4) is 11.5 Å². The Morgan fingerprint density at radius 2 is 1.57 bits per heavy atom. The van der Waals surface area contributed by atoms with Crippen LogP contribution in [0.25, 0.3) is 10.8 Å². The molecule has 0 aromatic heterocycles. The zero-order chi connectivity index (χ0) is 56.1. The van der Waals surface area contributed by atoms with Crippen molar-refractivity contribution in [3.63, 3.8) is 0 Å². The molecule has 1 heterocycles. The van der Waals surface area contributed by atoms with Crippen LogP contribution in [-0.4, -0.2) is 75.9 Å². The van der Waals surface area contributed by atoms with E-state index in [9.17, 15) is 25.1 Å². The van der Waals surface area contributed by atoms with Crippen molar-refractivity contribution in [2.24, 2.45) is 28.8 Å². The minimum Gasteiger partial charge on any atom is -0.459 e. The predicted molar refractivity (Wildman–Crippen MR) is 314 cm³/mol. The minimum absolute atomic E-state index is 0.00862. The Kier molecular flexibility index (Phi) is 23.0. The topological polar surface area (TPSA) is 182 Å². The van der Waals surface area contributed by atoms with E-state index in [0.717, 1.165) is 91.7 Å². The summed E-state index contributed by atoms with van der Waals surface area (Å²) in [5, 5.41) is 42.0. The van der Waals surface area contributed by atoms with Gasteiger partial charge in [-0.1, -0.05) is 163 Å². The first-order chi connectivity index (χ1) is 39.2. The van der Waals surface area contributed by atoms with Crippen LogP contribution in [0.4, 0.5) is 10.5 Å². The number of aliphatic hydroxyl groups is 2. The van der Waals surface area contributed by atoms with E-state index in [1.54, 1.807) is 24.3 Å². The highest BCUT2D eigenvalue weighted by Gasteiger charge is 2.65. The number of oxime groups is 1. The molecule has 1 aliphatic heterocycles. The molecule has 0 radical (unpaired) electrons. The average Bonchev–Trinajstić information content (AvgIpc) is 3.61.